The van der Waals surface area contributed by atoms with Crippen molar-refractivity contribution in [2.24, 2.45) is 0 Å². The molecule has 0 atom stereocenters. The molecule has 0 bridgehead atoms. The van der Waals surface area contributed by atoms with Crippen LogP contribution in [0.4, 0.5) is 0 Å². The van der Waals surface area contributed by atoms with Crippen LogP contribution in [0.25, 0.3) is 0 Å². The first-order chi connectivity index (χ1) is 8.56. The highest BCUT2D eigenvalue weighted by molar-refractivity contribution is 7.20. The minimum atomic E-state index is -0.0908. The summed E-state index contributed by atoms with van der Waals surface area (Å²) >= 11 is 13.0. The van der Waals surface area contributed by atoms with E-state index in [2.05, 4.69) is 15.5 Å². The van der Waals surface area contributed by atoms with Gasteiger partial charge in [-0.25, -0.2) is 0 Å². The molecule has 2 aromatic rings. The van der Waals surface area contributed by atoms with Gasteiger partial charge in [0.05, 0.1) is 21.3 Å². The number of nitrogens with zero attached hydrogens (tertiary/aromatic N) is 1. The number of H-pyrrole nitrogens is 1. The summed E-state index contributed by atoms with van der Waals surface area (Å²) in [5.41, 5.74) is 2.68. The molecule has 2 aromatic heterocycles. The predicted octanol–water partition coefficient (Wildman–Crippen LogP) is 2.95. The second-order valence-electron chi connectivity index (χ2n) is 3.82. The van der Waals surface area contributed by atoms with E-state index in [-0.39, 0.29) is 12.3 Å². The van der Waals surface area contributed by atoms with E-state index in [9.17, 15) is 4.79 Å². The van der Waals surface area contributed by atoms with Crippen LogP contribution < -0.4 is 5.32 Å². The standard InChI is InChI=1S/C11H11Cl2N3OS/c1-6-8(5-15-16-6)4-14-10(17)3-7-2-9(12)18-11(7)13/h2,5H,3-4H2,1H3,(H,14,17)(H,15,16). The number of rotatable bonds is 4. The molecule has 0 saturated heterocycles. The number of aromatic nitrogens is 2. The Morgan fingerprint density at radius 1 is 1.50 bits per heavy atom. The van der Waals surface area contributed by atoms with Gasteiger partial charge in [-0.05, 0) is 18.6 Å². The van der Waals surface area contributed by atoms with Gasteiger partial charge in [0.1, 0.15) is 0 Å². The van der Waals surface area contributed by atoms with Crippen LogP contribution in [0, 0.1) is 6.92 Å². The summed E-state index contributed by atoms with van der Waals surface area (Å²) in [4.78, 5) is 11.7. The Morgan fingerprint density at radius 2 is 2.28 bits per heavy atom. The molecule has 2 heterocycles. The Hall–Kier alpha value is -1.04. The van der Waals surface area contributed by atoms with E-state index in [1.165, 1.54) is 11.3 Å². The van der Waals surface area contributed by atoms with Crippen LogP contribution in [0.2, 0.25) is 8.67 Å². The quantitative estimate of drug-likeness (QED) is 0.912. The Balaban J connectivity index is 1.90. The topological polar surface area (TPSA) is 57.8 Å². The molecule has 0 spiro atoms. The predicted molar refractivity (Wildman–Crippen MR) is 73.2 cm³/mol. The number of carbonyl (C=O) groups excluding carboxylic acids is 1. The van der Waals surface area contributed by atoms with Crippen molar-refractivity contribution in [2.45, 2.75) is 19.9 Å². The van der Waals surface area contributed by atoms with Crippen molar-refractivity contribution in [1.82, 2.24) is 15.5 Å². The molecule has 0 aliphatic rings. The summed E-state index contributed by atoms with van der Waals surface area (Å²) in [5, 5.41) is 9.52. The van der Waals surface area contributed by atoms with E-state index in [1.54, 1.807) is 12.3 Å². The molecule has 1 amide bonds. The SMILES string of the molecule is Cc1[nH]ncc1CNC(=O)Cc1cc(Cl)sc1Cl. The maximum absolute atomic E-state index is 11.7. The van der Waals surface area contributed by atoms with Crippen LogP contribution >= 0.6 is 34.5 Å². The lowest BCUT2D eigenvalue weighted by atomic mass is 10.2. The molecule has 0 aliphatic carbocycles. The molecule has 0 fully saturated rings. The van der Waals surface area contributed by atoms with Crippen molar-refractivity contribution in [3.8, 4) is 0 Å². The summed E-state index contributed by atoms with van der Waals surface area (Å²) in [6.07, 6.45) is 1.93. The molecular formula is C11H11Cl2N3OS. The lowest BCUT2D eigenvalue weighted by molar-refractivity contribution is -0.120. The Labute approximate surface area is 118 Å². The third-order valence-corrected chi connectivity index (χ3v) is 4.06. The number of hydrogen-bond donors (Lipinski definition) is 2. The number of aryl methyl sites for hydroxylation is 1. The Morgan fingerprint density at radius 3 is 2.83 bits per heavy atom. The third kappa shape index (κ3) is 3.25. The van der Waals surface area contributed by atoms with Crippen LogP contribution in [-0.4, -0.2) is 16.1 Å². The zero-order valence-electron chi connectivity index (χ0n) is 9.59. The molecule has 18 heavy (non-hydrogen) atoms. The number of halogens is 2. The van der Waals surface area contributed by atoms with Gasteiger partial charge < -0.3 is 5.32 Å². The van der Waals surface area contributed by atoms with Gasteiger partial charge in [-0.3, -0.25) is 9.89 Å². The molecule has 0 radical (unpaired) electrons. The minimum Gasteiger partial charge on any atom is -0.352 e. The average Bonchev–Trinajstić information content (AvgIpc) is 2.83. The van der Waals surface area contributed by atoms with E-state index >= 15 is 0 Å². The van der Waals surface area contributed by atoms with Crippen LogP contribution in [0.3, 0.4) is 0 Å². The van der Waals surface area contributed by atoms with Gasteiger partial charge >= 0.3 is 0 Å². The van der Waals surface area contributed by atoms with E-state index < -0.39 is 0 Å². The number of carbonyl (C=O) groups is 1. The molecule has 2 rings (SSSR count). The summed E-state index contributed by atoms with van der Waals surface area (Å²) in [7, 11) is 0. The van der Waals surface area contributed by atoms with Gasteiger partial charge in [-0.15, -0.1) is 11.3 Å². The van der Waals surface area contributed by atoms with E-state index in [1.807, 2.05) is 6.92 Å². The summed E-state index contributed by atoms with van der Waals surface area (Å²) < 4.78 is 1.16. The molecule has 0 unspecified atom stereocenters. The molecule has 0 saturated carbocycles. The Bertz CT molecular complexity index is 564. The minimum absolute atomic E-state index is 0.0908. The molecule has 0 aliphatic heterocycles. The van der Waals surface area contributed by atoms with Gasteiger partial charge in [-0.1, -0.05) is 23.2 Å². The average molecular weight is 304 g/mol. The normalized spacial score (nSPS) is 10.6. The van der Waals surface area contributed by atoms with Gasteiger partial charge in [0.2, 0.25) is 5.91 Å². The second kappa shape index (κ2) is 5.73. The number of nitrogens with one attached hydrogen (secondary N) is 2. The molecule has 7 heteroatoms. The fraction of sp³-hybridized carbons (Fsp3) is 0.273. The van der Waals surface area contributed by atoms with E-state index in [4.69, 9.17) is 23.2 Å². The van der Waals surface area contributed by atoms with E-state index in [0.29, 0.717) is 15.2 Å². The van der Waals surface area contributed by atoms with Crippen molar-refractivity contribution < 1.29 is 4.79 Å². The van der Waals surface area contributed by atoms with Crippen molar-refractivity contribution in [2.75, 3.05) is 0 Å². The first kappa shape index (κ1) is 13.4. The Kier molecular flexibility index (Phi) is 4.27. The van der Waals surface area contributed by atoms with Crippen LogP contribution in [0.15, 0.2) is 12.3 Å². The first-order valence-electron chi connectivity index (χ1n) is 5.25. The van der Waals surface area contributed by atoms with Gasteiger partial charge in [0.25, 0.3) is 0 Å². The fourth-order valence-electron chi connectivity index (χ4n) is 1.48. The number of aromatic amines is 1. The monoisotopic (exact) mass is 303 g/mol. The molecule has 96 valence electrons. The molecule has 0 aromatic carbocycles. The van der Waals surface area contributed by atoms with E-state index in [0.717, 1.165) is 16.8 Å². The van der Waals surface area contributed by atoms with Gasteiger partial charge in [-0.2, -0.15) is 5.10 Å². The highest BCUT2D eigenvalue weighted by Gasteiger charge is 2.11. The molecular weight excluding hydrogens is 293 g/mol. The highest BCUT2D eigenvalue weighted by Crippen LogP contribution is 2.31. The fourth-order valence-corrected chi connectivity index (χ4v) is 2.96. The highest BCUT2D eigenvalue weighted by atomic mass is 35.5. The van der Waals surface area contributed by atoms with Crippen molar-refractivity contribution >= 4 is 40.4 Å². The van der Waals surface area contributed by atoms with Crippen molar-refractivity contribution in [1.29, 1.82) is 0 Å². The lowest BCUT2D eigenvalue weighted by Gasteiger charge is -2.03. The first-order valence-corrected chi connectivity index (χ1v) is 6.82. The maximum Gasteiger partial charge on any atom is 0.224 e. The summed E-state index contributed by atoms with van der Waals surface area (Å²) in [6.45, 7) is 2.36. The zero-order valence-corrected chi connectivity index (χ0v) is 11.9. The lowest BCUT2D eigenvalue weighted by Crippen LogP contribution is -2.24. The van der Waals surface area contributed by atoms with Crippen LogP contribution in [-0.2, 0) is 17.8 Å². The van der Waals surface area contributed by atoms with Crippen molar-refractivity contribution in [3.05, 3.63) is 37.8 Å². The third-order valence-electron chi connectivity index (χ3n) is 2.49. The smallest absolute Gasteiger partial charge is 0.224 e. The van der Waals surface area contributed by atoms with Gasteiger partial charge in [0, 0.05) is 17.8 Å². The summed E-state index contributed by atoms with van der Waals surface area (Å²) in [6, 6.07) is 1.72. The number of amides is 1. The van der Waals surface area contributed by atoms with Crippen LogP contribution in [0.5, 0.6) is 0 Å². The second-order valence-corrected chi connectivity index (χ2v) is 6.11. The molecule has 4 nitrogen and oxygen atoms in total. The zero-order chi connectivity index (χ0) is 13.1. The van der Waals surface area contributed by atoms with Crippen molar-refractivity contribution in [3.63, 3.8) is 0 Å². The molecule has 2 N–H and O–H groups in total. The summed E-state index contributed by atoms with van der Waals surface area (Å²) in [5.74, 6) is -0.0908. The van der Waals surface area contributed by atoms with Gasteiger partial charge in [0.15, 0.2) is 0 Å². The van der Waals surface area contributed by atoms with Crippen LogP contribution in [0.1, 0.15) is 16.8 Å². The maximum atomic E-state index is 11.7. The number of hydrogen-bond acceptors (Lipinski definition) is 3. The largest absolute Gasteiger partial charge is 0.352 e. The number of thiophene rings is 1.